The number of hydrogen-bond acceptors (Lipinski definition) is 21. The summed E-state index contributed by atoms with van der Waals surface area (Å²) in [5.74, 6) is -7.83. The van der Waals surface area contributed by atoms with Gasteiger partial charge in [0.15, 0.2) is 35.2 Å². The summed E-state index contributed by atoms with van der Waals surface area (Å²) in [7, 11) is 0. The Hall–Kier alpha value is -5.22. The number of ether oxygens (including phenoxy) is 6. The molecule has 1 aromatic heterocycles. The largest absolute Gasteiger partial charge is 0.507 e. The third-order valence-corrected chi connectivity index (χ3v) is 9.19. The van der Waals surface area contributed by atoms with Crippen LogP contribution in [0.5, 0.6) is 23.0 Å². The molecule has 2 aromatic carbocycles. The Morgan fingerprint density at radius 3 is 1.42 bits per heavy atom. The standard InChI is InChI=1S/C33H34O24/c34-9-4-8(51-31-22(42)16(36)19(39)25(55-31)28(45)46)5-14-15(9)10(35)6-12(52-14)7-1-2-11(53-32-23(43)17(37)20(40)26(56-32)29(47)48)13(3-7)54-33-24(44)18(38)21(41)27(57-33)30(49)50/h1-6,16-27,31-34,36-44H,(H,45,46)(H,47,48)(H,49,50). The lowest BCUT2D eigenvalue weighted by Crippen LogP contribution is -2.61. The molecule has 0 amide bonds. The first-order valence-electron chi connectivity index (χ1n) is 16.5. The third-order valence-electron chi connectivity index (χ3n) is 9.19. The summed E-state index contributed by atoms with van der Waals surface area (Å²) >= 11 is 0. The molecule has 0 bridgehead atoms. The lowest BCUT2D eigenvalue weighted by molar-refractivity contribution is -0.276. The number of carbonyl (C=O) groups is 3. The maximum absolute atomic E-state index is 13.3. The Kier molecular flexibility index (Phi) is 11.6. The van der Waals surface area contributed by atoms with Gasteiger partial charge in [-0.25, -0.2) is 14.4 Å². The number of carboxylic acid groups (broad SMARTS) is 3. The van der Waals surface area contributed by atoms with Crippen LogP contribution in [0.25, 0.3) is 22.3 Å². The highest BCUT2D eigenvalue weighted by molar-refractivity contribution is 5.86. The summed E-state index contributed by atoms with van der Waals surface area (Å²) in [6, 6.07) is 5.96. The minimum atomic E-state index is -2.15. The van der Waals surface area contributed by atoms with Crippen LogP contribution >= 0.6 is 0 Å². The van der Waals surface area contributed by atoms with Crippen LogP contribution in [-0.4, -0.2) is 176 Å². The maximum Gasteiger partial charge on any atom is 0.335 e. The van der Waals surface area contributed by atoms with Crippen LogP contribution in [0.1, 0.15) is 0 Å². The van der Waals surface area contributed by atoms with Crippen LogP contribution in [0.4, 0.5) is 0 Å². The smallest absolute Gasteiger partial charge is 0.335 e. The highest BCUT2D eigenvalue weighted by atomic mass is 16.7. The van der Waals surface area contributed by atoms with Crippen molar-refractivity contribution in [2.45, 2.75) is 92.1 Å². The van der Waals surface area contributed by atoms with Gasteiger partial charge < -0.3 is 99.2 Å². The van der Waals surface area contributed by atoms with Gasteiger partial charge in [0, 0.05) is 23.8 Å². The second-order valence-electron chi connectivity index (χ2n) is 13.0. The van der Waals surface area contributed by atoms with Crippen LogP contribution in [0.2, 0.25) is 0 Å². The van der Waals surface area contributed by atoms with E-state index in [-0.39, 0.29) is 11.3 Å². The Balaban J connectivity index is 1.38. The topological polar surface area (TPSA) is 400 Å². The number of aliphatic hydroxyl groups is 9. The van der Waals surface area contributed by atoms with Crippen LogP contribution < -0.4 is 19.6 Å². The summed E-state index contributed by atoms with van der Waals surface area (Å²) in [6.07, 6.45) is -31.2. The molecule has 13 N–H and O–H groups in total. The van der Waals surface area contributed by atoms with Crippen LogP contribution in [0.15, 0.2) is 45.6 Å². The molecule has 24 heteroatoms. The molecule has 310 valence electrons. The molecule has 3 saturated heterocycles. The van der Waals surface area contributed by atoms with Gasteiger partial charge in [-0.2, -0.15) is 0 Å². The number of aliphatic carboxylic acids is 3. The van der Waals surface area contributed by atoms with Crippen LogP contribution in [-0.2, 0) is 28.6 Å². The first-order chi connectivity index (χ1) is 26.8. The molecule has 57 heavy (non-hydrogen) atoms. The van der Waals surface area contributed by atoms with Crippen molar-refractivity contribution in [3.8, 4) is 34.3 Å². The molecular weight excluding hydrogens is 780 g/mol. The quantitative estimate of drug-likeness (QED) is 0.0911. The Labute approximate surface area is 315 Å². The van der Waals surface area contributed by atoms with E-state index in [0.29, 0.717) is 0 Å². The highest BCUT2D eigenvalue weighted by Crippen LogP contribution is 2.39. The number of aliphatic hydroxyl groups excluding tert-OH is 9. The summed E-state index contributed by atoms with van der Waals surface area (Å²) in [6.45, 7) is 0. The zero-order valence-electron chi connectivity index (χ0n) is 28.4. The molecule has 3 aliphatic rings. The number of rotatable bonds is 10. The number of fused-ring (bicyclic) bond motifs is 1. The molecule has 4 heterocycles. The lowest BCUT2D eigenvalue weighted by atomic mass is 9.99. The summed E-state index contributed by atoms with van der Waals surface area (Å²) < 4.78 is 37.9. The Morgan fingerprint density at radius 1 is 0.526 bits per heavy atom. The molecule has 0 radical (unpaired) electrons. The Morgan fingerprint density at radius 2 is 0.965 bits per heavy atom. The predicted molar refractivity (Wildman–Crippen MR) is 174 cm³/mol. The average molecular weight is 815 g/mol. The molecule has 3 fully saturated rings. The molecule has 3 aliphatic heterocycles. The van der Waals surface area contributed by atoms with Gasteiger partial charge >= 0.3 is 17.9 Å². The van der Waals surface area contributed by atoms with E-state index in [9.17, 15) is 85.6 Å². The molecule has 15 atom stereocenters. The van der Waals surface area contributed by atoms with Crippen molar-refractivity contribution in [3.05, 3.63) is 46.6 Å². The second kappa shape index (κ2) is 16.0. The number of phenols is 1. The van der Waals surface area contributed by atoms with Crippen molar-refractivity contribution in [3.63, 3.8) is 0 Å². The van der Waals surface area contributed by atoms with E-state index >= 15 is 0 Å². The zero-order chi connectivity index (χ0) is 41.8. The maximum atomic E-state index is 13.3. The van der Waals surface area contributed by atoms with Crippen molar-refractivity contribution < 1.29 is 114 Å². The SMILES string of the molecule is O=C(O)C1OC(Oc2cc(O)c3c(=O)cc(-c4ccc(OC5OC(C(=O)O)C(O)C(O)C5O)c(OC5OC(C(=O)O)C(O)C(O)C5O)c4)oc3c2)C(O)C(O)C1O. The summed E-state index contributed by atoms with van der Waals surface area (Å²) in [4.78, 5) is 48.1. The van der Waals surface area contributed by atoms with Crippen molar-refractivity contribution in [2.75, 3.05) is 0 Å². The van der Waals surface area contributed by atoms with E-state index < -0.39 is 149 Å². The van der Waals surface area contributed by atoms with E-state index in [2.05, 4.69) is 0 Å². The first kappa shape index (κ1) is 41.4. The fourth-order valence-corrected chi connectivity index (χ4v) is 6.14. The fraction of sp³-hybridized carbons (Fsp3) is 0.455. The van der Waals surface area contributed by atoms with Crippen molar-refractivity contribution in [1.29, 1.82) is 0 Å². The second-order valence-corrected chi connectivity index (χ2v) is 13.0. The molecule has 6 rings (SSSR count). The minimum absolute atomic E-state index is 0.112. The summed E-state index contributed by atoms with van der Waals surface area (Å²) in [5.41, 5.74) is -1.40. The van der Waals surface area contributed by atoms with Gasteiger partial charge in [-0.05, 0) is 18.2 Å². The third kappa shape index (κ3) is 7.89. The molecular formula is C33H34O24. The molecule has 3 aromatic rings. The fourth-order valence-electron chi connectivity index (χ4n) is 6.14. The average Bonchev–Trinajstić information content (AvgIpc) is 3.15. The van der Waals surface area contributed by atoms with Crippen LogP contribution in [0.3, 0.4) is 0 Å². The van der Waals surface area contributed by atoms with E-state index in [1.54, 1.807) is 0 Å². The monoisotopic (exact) mass is 814 g/mol. The van der Waals surface area contributed by atoms with E-state index in [1.165, 1.54) is 6.07 Å². The van der Waals surface area contributed by atoms with E-state index in [1.807, 2.05) is 0 Å². The van der Waals surface area contributed by atoms with E-state index in [4.69, 9.17) is 32.8 Å². The predicted octanol–water partition coefficient (Wildman–Crippen LogP) is -5.02. The minimum Gasteiger partial charge on any atom is -0.507 e. The normalized spacial score (nSPS) is 35.6. The molecule has 15 unspecified atom stereocenters. The summed E-state index contributed by atoms with van der Waals surface area (Å²) in [5, 5.41) is 131. The number of hydrogen-bond donors (Lipinski definition) is 13. The van der Waals surface area contributed by atoms with Gasteiger partial charge in [-0.15, -0.1) is 0 Å². The Bertz CT molecular complexity index is 2070. The molecule has 0 saturated carbocycles. The molecule has 24 nitrogen and oxygen atoms in total. The highest BCUT2D eigenvalue weighted by Gasteiger charge is 2.51. The zero-order valence-corrected chi connectivity index (χ0v) is 28.4. The number of phenolic OH excluding ortho intramolecular Hbond substituents is 1. The van der Waals surface area contributed by atoms with Crippen molar-refractivity contribution in [2.24, 2.45) is 0 Å². The van der Waals surface area contributed by atoms with Crippen molar-refractivity contribution in [1.82, 2.24) is 0 Å². The van der Waals surface area contributed by atoms with Gasteiger partial charge in [0.05, 0.1) is 0 Å². The van der Waals surface area contributed by atoms with Crippen LogP contribution in [0, 0.1) is 0 Å². The van der Waals surface area contributed by atoms with Gasteiger partial charge in [-0.3, -0.25) is 4.79 Å². The van der Waals surface area contributed by atoms with Gasteiger partial charge in [0.25, 0.3) is 0 Å². The number of aromatic hydroxyl groups is 1. The lowest BCUT2D eigenvalue weighted by Gasteiger charge is -2.39. The van der Waals surface area contributed by atoms with Crippen molar-refractivity contribution >= 4 is 28.9 Å². The molecule has 0 spiro atoms. The van der Waals surface area contributed by atoms with Gasteiger partial charge in [0.1, 0.15) is 83.2 Å². The van der Waals surface area contributed by atoms with Gasteiger partial charge in [-0.1, -0.05) is 0 Å². The first-order valence-corrected chi connectivity index (χ1v) is 16.5. The van der Waals surface area contributed by atoms with Gasteiger partial charge in [0.2, 0.25) is 18.9 Å². The molecule has 0 aliphatic carbocycles. The number of carboxylic acids is 3. The number of benzene rings is 2. The van der Waals surface area contributed by atoms with E-state index in [0.717, 1.165) is 30.3 Å².